The molecule has 1 heterocycles. The standard InChI is InChI=1S/C9H15NO/c1-8(4-5-9(2)11)10-6-3-7-10/h4-5,8H,3,6-7H2,1-2H3/b5-4+/t8-/m0/s1. The van der Waals surface area contributed by atoms with Crippen molar-refractivity contribution in [1.82, 2.24) is 4.90 Å². The number of allylic oxidation sites excluding steroid dienone is 1. The van der Waals surface area contributed by atoms with Crippen LogP contribution in [0.25, 0.3) is 0 Å². The van der Waals surface area contributed by atoms with Crippen LogP contribution in [0.4, 0.5) is 0 Å². The summed E-state index contributed by atoms with van der Waals surface area (Å²) < 4.78 is 0. The molecule has 0 amide bonds. The molecular formula is C9H15NO. The van der Waals surface area contributed by atoms with Crippen molar-refractivity contribution in [3.63, 3.8) is 0 Å². The van der Waals surface area contributed by atoms with Gasteiger partial charge in [-0.15, -0.1) is 0 Å². The summed E-state index contributed by atoms with van der Waals surface area (Å²) in [6, 6.07) is 0.438. The Morgan fingerprint density at radius 2 is 2.18 bits per heavy atom. The van der Waals surface area contributed by atoms with Gasteiger partial charge in [0.05, 0.1) is 0 Å². The zero-order valence-electron chi connectivity index (χ0n) is 7.21. The molecule has 1 saturated heterocycles. The first kappa shape index (κ1) is 8.47. The zero-order chi connectivity index (χ0) is 8.27. The maximum atomic E-state index is 10.6. The minimum atomic E-state index is 0.136. The van der Waals surface area contributed by atoms with Crippen molar-refractivity contribution in [2.75, 3.05) is 13.1 Å². The summed E-state index contributed by atoms with van der Waals surface area (Å²) in [7, 11) is 0. The lowest BCUT2D eigenvalue weighted by molar-refractivity contribution is -0.112. The highest BCUT2D eigenvalue weighted by Crippen LogP contribution is 2.11. The highest BCUT2D eigenvalue weighted by Gasteiger charge is 2.17. The molecule has 0 N–H and O–H groups in total. The molecule has 1 rings (SSSR count). The van der Waals surface area contributed by atoms with Gasteiger partial charge in [-0.1, -0.05) is 6.08 Å². The molecule has 1 aliphatic heterocycles. The topological polar surface area (TPSA) is 20.3 Å². The van der Waals surface area contributed by atoms with Crippen molar-refractivity contribution in [3.8, 4) is 0 Å². The Kier molecular flexibility index (Phi) is 2.83. The van der Waals surface area contributed by atoms with Crippen molar-refractivity contribution in [3.05, 3.63) is 12.2 Å². The molecule has 1 fully saturated rings. The van der Waals surface area contributed by atoms with Crippen LogP contribution >= 0.6 is 0 Å². The predicted molar refractivity (Wildman–Crippen MR) is 45.5 cm³/mol. The Morgan fingerprint density at radius 3 is 2.55 bits per heavy atom. The Balaban J connectivity index is 2.29. The van der Waals surface area contributed by atoms with Gasteiger partial charge in [0.1, 0.15) is 0 Å². The van der Waals surface area contributed by atoms with Crippen molar-refractivity contribution >= 4 is 5.78 Å². The summed E-state index contributed by atoms with van der Waals surface area (Å²) >= 11 is 0. The molecule has 1 aliphatic rings. The van der Waals surface area contributed by atoms with Crippen molar-refractivity contribution < 1.29 is 4.79 Å². The van der Waals surface area contributed by atoms with Crippen LogP contribution in [0.15, 0.2) is 12.2 Å². The van der Waals surface area contributed by atoms with Crippen molar-refractivity contribution in [2.24, 2.45) is 0 Å². The number of carbonyl (C=O) groups is 1. The first-order chi connectivity index (χ1) is 5.20. The van der Waals surface area contributed by atoms with Crippen LogP contribution in [-0.4, -0.2) is 29.8 Å². The summed E-state index contributed by atoms with van der Waals surface area (Å²) in [5, 5.41) is 0. The van der Waals surface area contributed by atoms with Gasteiger partial charge in [0.15, 0.2) is 5.78 Å². The average molecular weight is 153 g/mol. The van der Waals surface area contributed by atoms with Gasteiger partial charge in [-0.25, -0.2) is 0 Å². The average Bonchev–Trinajstić information content (AvgIpc) is 1.79. The second kappa shape index (κ2) is 3.67. The number of carbonyl (C=O) groups excluding carboxylic acids is 1. The SMILES string of the molecule is CC(=O)/C=C/[C@H](C)N1CCC1. The molecule has 0 spiro atoms. The Hall–Kier alpha value is -0.630. The third-order valence-electron chi connectivity index (χ3n) is 2.08. The molecule has 0 unspecified atom stereocenters. The van der Waals surface area contributed by atoms with E-state index in [4.69, 9.17) is 0 Å². The predicted octanol–water partition coefficient (Wildman–Crippen LogP) is 1.23. The van der Waals surface area contributed by atoms with E-state index in [0.717, 1.165) is 0 Å². The van der Waals surface area contributed by atoms with E-state index in [2.05, 4.69) is 11.8 Å². The molecule has 0 aromatic rings. The maximum Gasteiger partial charge on any atom is 0.152 e. The fourth-order valence-corrected chi connectivity index (χ4v) is 1.14. The third-order valence-corrected chi connectivity index (χ3v) is 2.08. The minimum absolute atomic E-state index is 0.136. The smallest absolute Gasteiger partial charge is 0.152 e. The largest absolute Gasteiger partial charge is 0.297 e. The number of ketones is 1. The number of hydrogen-bond donors (Lipinski definition) is 0. The second-order valence-electron chi connectivity index (χ2n) is 3.10. The molecule has 0 bridgehead atoms. The summed E-state index contributed by atoms with van der Waals surface area (Å²) in [4.78, 5) is 12.9. The zero-order valence-corrected chi connectivity index (χ0v) is 7.21. The molecule has 0 saturated carbocycles. The van der Waals surface area contributed by atoms with Gasteiger partial charge in [0.2, 0.25) is 0 Å². The molecule has 0 aromatic carbocycles. The highest BCUT2D eigenvalue weighted by molar-refractivity contribution is 5.87. The van der Waals surface area contributed by atoms with E-state index in [1.54, 1.807) is 13.0 Å². The Labute approximate surface area is 67.9 Å². The fraction of sp³-hybridized carbons (Fsp3) is 0.667. The lowest BCUT2D eigenvalue weighted by Crippen LogP contribution is -2.42. The van der Waals surface area contributed by atoms with Crippen LogP contribution in [0.3, 0.4) is 0 Å². The van der Waals surface area contributed by atoms with Gasteiger partial charge in [0.25, 0.3) is 0 Å². The van der Waals surface area contributed by atoms with Crippen molar-refractivity contribution in [1.29, 1.82) is 0 Å². The van der Waals surface area contributed by atoms with Gasteiger partial charge in [-0.2, -0.15) is 0 Å². The normalized spacial score (nSPS) is 21.6. The summed E-state index contributed by atoms with van der Waals surface area (Å²) in [6.45, 7) is 6.07. The highest BCUT2D eigenvalue weighted by atomic mass is 16.1. The number of likely N-dealkylation sites (tertiary alicyclic amines) is 1. The molecule has 1 atom stereocenters. The van der Waals surface area contributed by atoms with Crippen LogP contribution in [0.5, 0.6) is 0 Å². The fourth-order valence-electron chi connectivity index (χ4n) is 1.14. The van der Waals surface area contributed by atoms with Crippen LogP contribution in [-0.2, 0) is 4.79 Å². The number of rotatable bonds is 3. The van der Waals surface area contributed by atoms with E-state index in [-0.39, 0.29) is 5.78 Å². The van der Waals surface area contributed by atoms with E-state index in [1.165, 1.54) is 19.5 Å². The lowest BCUT2D eigenvalue weighted by atomic mass is 10.1. The molecule has 62 valence electrons. The van der Waals surface area contributed by atoms with E-state index in [9.17, 15) is 4.79 Å². The quantitative estimate of drug-likeness (QED) is 0.568. The van der Waals surface area contributed by atoms with Crippen LogP contribution < -0.4 is 0 Å². The Bertz CT molecular complexity index is 170. The minimum Gasteiger partial charge on any atom is -0.297 e. The van der Waals surface area contributed by atoms with Gasteiger partial charge in [0, 0.05) is 6.04 Å². The van der Waals surface area contributed by atoms with E-state index < -0.39 is 0 Å². The van der Waals surface area contributed by atoms with E-state index >= 15 is 0 Å². The van der Waals surface area contributed by atoms with E-state index in [0.29, 0.717) is 6.04 Å². The van der Waals surface area contributed by atoms with Gasteiger partial charge >= 0.3 is 0 Å². The summed E-state index contributed by atoms with van der Waals surface area (Å²) in [5.74, 6) is 0.136. The van der Waals surface area contributed by atoms with Gasteiger partial charge < -0.3 is 0 Å². The third kappa shape index (κ3) is 2.46. The first-order valence-corrected chi connectivity index (χ1v) is 4.13. The molecular weight excluding hydrogens is 138 g/mol. The lowest BCUT2D eigenvalue weighted by Gasteiger charge is -2.34. The Morgan fingerprint density at radius 1 is 1.55 bits per heavy atom. The van der Waals surface area contributed by atoms with Crippen LogP contribution in [0.2, 0.25) is 0 Å². The molecule has 0 aliphatic carbocycles. The number of nitrogens with zero attached hydrogens (tertiary/aromatic N) is 1. The molecule has 11 heavy (non-hydrogen) atoms. The molecule has 0 radical (unpaired) electrons. The van der Waals surface area contributed by atoms with Crippen LogP contribution in [0.1, 0.15) is 20.3 Å². The molecule has 2 heteroatoms. The monoisotopic (exact) mass is 153 g/mol. The van der Waals surface area contributed by atoms with Gasteiger partial charge in [-0.05, 0) is 39.4 Å². The second-order valence-corrected chi connectivity index (χ2v) is 3.10. The van der Waals surface area contributed by atoms with Crippen molar-refractivity contribution in [2.45, 2.75) is 26.3 Å². The molecule has 0 aromatic heterocycles. The molecule has 2 nitrogen and oxygen atoms in total. The maximum absolute atomic E-state index is 10.6. The first-order valence-electron chi connectivity index (χ1n) is 4.13. The summed E-state index contributed by atoms with van der Waals surface area (Å²) in [6.07, 6.45) is 4.93. The summed E-state index contributed by atoms with van der Waals surface area (Å²) in [5.41, 5.74) is 0. The van der Waals surface area contributed by atoms with E-state index in [1.807, 2.05) is 6.08 Å². The van der Waals surface area contributed by atoms with Gasteiger partial charge in [-0.3, -0.25) is 9.69 Å². The van der Waals surface area contributed by atoms with Crippen LogP contribution in [0, 0.1) is 0 Å². The number of hydrogen-bond acceptors (Lipinski definition) is 2.